The average molecular weight is 406 g/mol. The lowest BCUT2D eigenvalue weighted by Crippen LogP contribution is -2.69. The van der Waals surface area contributed by atoms with Gasteiger partial charge < -0.3 is 9.22 Å². The van der Waals surface area contributed by atoms with Crippen LogP contribution in [-0.2, 0) is 4.79 Å². The molecule has 0 N–H and O–H groups in total. The Morgan fingerprint density at radius 1 is 1.03 bits per heavy atom. The highest BCUT2D eigenvalue weighted by atomic mass is 16.5. The maximum absolute atomic E-state index is 13.5. The number of quaternary nitrogens is 1. The van der Waals surface area contributed by atoms with Crippen LogP contribution >= 0.6 is 0 Å². The predicted octanol–water partition coefficient (Wildman–Crippen LogP) is 2.52. The molecule has 156 valence electrons. The first kappa shape index (κ1) is 19.3. The number of ether oxygens (including phenoxy) is 1. The van der Waals surface area contributed by atoms with Gasteiger partial charge in [0, 0.05) is 26.1 Å². The van der Waals surface area contributed by atoms with Crippen molar-refractivity contribution in [3.63, 3.8) is 0 Å². The standard InChI is InChI=1S/C24H29N4O2/c1-30-21-9-7-20(8-10-21)23-17-22(19-5-3-2-4-6-19)25-27(23)24(29)18-28-14-11-26(12-15-28)13-16-28/h2-10,23H,11-18H2,1H3/q+1/t23-/m0/s1. The number of methoxy groups -OCH3 is 1. The van der Waals surface area contributed by atoms with E-state index < -0.39 is 0 Å². The van der Waals surface area contributed by atoms with Crippen molar-refractivity contribution >= 4 is 11.6 Å². The number of rotatable bonds is 5. The minimum atomic E-state index is -0.0668. The van der Waals surface area contributed by atoms with Crippen molar-refractivity contribution in [2.24, 2.45) is 5.10 Å². The molecule has 6 nitrogen and oxygen atoms in total. The Morgan fingerprint density at radius 3 is 2.33 bits per heavy atom. The topological polar surface area (TPSA) is 45.1 Å². The molecule has 2 aromatic rings. The van der Waals surface area contributed by atoms with E-state index in [0.717, 1.165) is 72.8 Å². The molecule has 0 radical (unpaired) electrons. The number of hydrazone groups is 1. The molecular formula is C24H29N4O2+. The van der Waals surface area contributed by atoms with Gasteiger partial charge in [0.2, 0.25) is 0 Å². The molecule has 3 fully saturated rings. The monoisotopic (exact) mass is 405 g/mol. The van der Waals surface area contributed by atoms with Crippen LogP contribution in [0.5, 0.6) is 5.75 Å². The summed E-state index contributed by atoms with van der Waals surface area (Å²) in [4.78, 5) is 16.0. The van der Waals surface area contributed by atoms with Crippen molar-refractivity contribution in [1.82, 2.24) is 9.91 Å². The van der Waals surface area contributed by atoms with Crippen LogP contribution in [0.4, 0.5) is 0 Å². The molecule has 6 rings (SSSR count). The van der Waals surface area contributed by atoms with Crippen LogP contribution in [0.25, 0.3) is 0 Å². The highest BCUT2D eigenvalue weighted by Gasteiger charge is 2.43. The Kier molecular flexibility index (Phi) is 5.05. The van der Waals surface area contributed by atoms with Crippen LogP contribution < -0.4 is 4.74 Å². The second kappa shape index (κ2) is 7.85. The fourth-order valence-electron chi connectivity index (χ4n) is 4.96. The molecule has 0 spiro atoms. The molecule has 4 aliphatic rings. The predicted molar refractivity (Wildman–Crippen MR) is 116 cm³/mol. The molecule has 3 saturated heterocycles. The minimum Gasteiger partial charge on any atom is -0.497 e. The van der Waals surface area contributed by atoms with Gasteiger partial charge in [-0.1, -0.05) is 42.5 Å². The molecule has 6 heteroatoms. The van der Waals surface area contributed by atoms with Crippen molar-refractivity contribution < 1.29 is 14.0 Å². The number of hydrogen-bond acceptors (Lipinski definition) is 4. The summed E-state index contributed by atoms with van der Waals surface area (Å²) in [5.74, 6) is 0.959. The van der Waals surface area contributed by atoms with Gasteiger partial charge in [-0.2, -0.15) is 5.10 Å². The SMILES string of the molecule is COc1ccc([C@@H]2CC(c3ccccc3)=NN2C(=O)C[N+]23CCN(CC2)CC3)cc1. The maximum atomic E-state index is 13.5. The van der Waals surface area contributed by atoms with Crippen LogP contribution in [0, 0.1) is 0 Å². The zero-order valence-corrected chi connectivity index (χ0v) is 17.5. The highest BCUT2D eigenvalue weighted by Crippen LogP contribution is 2.34. The van der Waals surface area contributed by atoms with Gasteiger partial charge in [-0.15, -0.1) is 0 Å². The summed E-state index contributed by atoms with van der Waals surface area (Å²) >= 11 is 0. The summed E-state index contributed by atoms with van der Waals surface area (Å²) in [7, 11) is 1.67. The van der Waals surface area contributed by atoms with E-state index in [2.05, 4.69) is 29.2 Å². The van der Waals surface area contributed by atoms with Gasteiger partial charge in [0.15, 0.2) is 6.54 Å². The van der Waals surface area contributed by atoms with Crippen molar-refractivity contribution in [2.75, 3.05) is 52.9 Å². The van der Waals surface area contributed by atoms with Gasteiger partial charge in [-0.25, -0.2) is 5.01 Å². The molecule has 2 aromatic carbocycles. The molecule has 30 heavy (non-hydrogen) atoms. The summed E-state index contributed by atoms with van der Waals surface area (Å²) in [5, 5.41) is 6.61. The van der Waals surface area contributed by atoms with E-state index in [1.807, 2.05) is 30.3 Å². The number of carbonyl (C=O) groups is 1. The minimum absolute atomic E-state index is 0.0668. The van der Waals surface area contributed by atoms with Crippen LogP contribution in [-0.4, -0.2) is 78.9 Å². The van der Waals surface area contributed by atoms with Crippen molar-refractivity contribution in [1.29, 1.82) is 0 Å². The number of piperazine rings is 3. The zero-order chi connectivity index (χ0) is 20.6. The van der Waals surface area contributed by atoms with E-state index >= 15 is 0 Å². The molecule has 0 aliphatic carbocycles. The van der Waals surface area contributed by atoms with E-state index in [-0.39, 0.29) is 11.9 Å². The largest absolute Gasteiger partial charge is 0.497 e. The highest BCUT2D eigenvalue weighted by molar-refractivity contribution is 6.03. The van der Waals surface area contributed by atoms with Gasteiger partial charge in [0.05, 0.1) is 38.5 Å². The maximum Gasteiger partial charge on any atom is 0.298 e. The number of amides is 1. The third-order valence-corrected chi connectivity index (χ3v) is 6.92. The summed E-state index contributed by atoms with van der Waals surface area (Å²) in [6.07, 6.45) is 0.732. The fourth-order valence-corrected chi connectivity index (χ4v) is 4.96. The number of hydrogen-bond donors (Lipinski definition) is 0. The van der Waals surface area contributed by atoms with Crippen molar-refractivity contribution in [2.45, 2.75) is 12.5 Å². The van der Waals surface area contributed by atoms with Gasteiger partial charge in [0.1, 0.15) is 5.75 Å². The van der Waals surface area contributed by atoms with Gasteiger partial charge in [0.25, 0.3) is 5.91 Å². The molecule has 0 aromatic heterocycles. The Balaban J connectivity index is 1.42. The first-order valence-electron chi connectivity index (χ1n) is 10.8. The van der Waals surface area contributed by atoms with E-state index in [0.29, 0.717) is 6.54 Å². The molecule has 1 atom stereocenters. The molecule has 2 bridgehead atoms. The Bertz CT molecular complexity index is 920. The van der Waals surface area contributed by atoms with Gasteiger partial charge in [-0.05, 0) is 23.3 Å². The van der Waals surface area contributed by atoms with E-state index in [9.17, 15) is 4.79 Å². The quantitative estimate of drug-likeness (QED) is 0.718. The van der Waals surface area contributed by atoms with Gasteiger partial charge in [-0.3, -0.25) is 9.69 Å². The Labute approximate surface area is 177 Å². The molecule has 4 heterocycles. The lowest BCUT2D eigenvalue weighted by Gasteiger charge is -2.50. The van der Waals surface area contributed by atoms with Crippen LogP contribution in [0.2, 0.25) is 0 Å². The number of carbonyl (C=O) groups excluding carboxylic acids is 1. The summed E-state index contributed by atoms with van der Waals surface area (Å²) in [6, 6.07) is 18.2. The van der Waals surface area contributed by atoms with Crippen LogP contribution in [0.15, 0.2) is 59.7 Å². The fraction of sp³-hybridized carbons (Fsp3) is 0.417. The second-order valence-electron chi connectivity index (χ2n) is 8.66. The smallest absolute Gasteiger partial charge is 0.298 e. The summed E-state index contributed by atoms with van der Waals surface area (Å²) in [5.41, 5.74) is 3.17. The van der Waals surface area contributed by atoms with Gasteiger partial charge >= 0.3 is 0 Å². The number of nitrogens with zero attached hydrogens (tertiary/aromatic N) is 4. The lowest BCUT2D eigenvalue weighted by atomic mass is 9.98. The molecule has 1 amide bonds. The first-order valence-corrected chi connectivity index (χ1v) is 10.8. The zero-order valence-electron chi connectivity index (χ0n) is 17.5. The number of fused-ring (bicyclic) bond motifs is 3. The second-order valence-corrected chi connectivity index (χ2v) is 8.66. The van der Waals surface area contributed by atoms with Crippen LogP contribution in [0.3, 0.4) is 0 Å². The molecule has 4 aliphatic heterocycles. The summed E-state index contributed by atoms with van der Waals surface area (Å²) in [6.45, 7) is 7.08. The van der Waals surface area contributed by atoms with E-state index in [1.165, 1.54) is 0 Å². The Hall–Kier alpha value is -2.70. The third-order valence-electron chi connectivity index (χ3n) is 6.92. The Morgan fingerprint density at radius 2 is 1.70 bits per heavy atom. The summed E-state index contributed by atoms with van der Waals surface area (Å²) < 4.78 is 6.23. The lowest BCUT2D eigenvalue weighted by molar-refractivity contribution is -0.934. The first-order chi connectivity index (χ1) is 14.7. The number of benzene rings is 2. The van der Waals surface area contributed by atoms with E-state index in [1.54, 1.807) is 12.1 Å². The molecule has 0 saturated carbocycles. The van der Waals surface area contributed by atoms with Crippen molar-refractivity contribution in [3.8, 4) is 5.75 Å². The van der Waals surface area contributed by atoms with Crippen molar-refractivity contribution in [3.05, 3.63) is 65.7 Å². The van der Waals surface area contributed by atoms with E-state index in [4.69, 9.17) is 9.84 Å². The third kappa shape index (κ3) is 3.61. The average Bonchev–Trinajstić information content (AvgIpc) is 3.26. The van der Waals surface area contributed by atoms with Crippen LogP contribution in [0.1, 0.15) is 23.6 Å². The molecule has 0 unspecified atom stereocenters. The molecular weight excluding hydrogens is 376 g/mol. The normalized spacial score (nSPS) is 27.8.